The van der Waals surface area contributed by atoms with E-state index in [0.29, 0.717) is 0 Å². The molecule has 98 valence electrons. The van der Waals surface area contributed by atoms with Crippen LogP contribution in [0.1, 0.15) is 23.6 Å². The van der Waals surface area contributed by atoms with E-state index in [1.54, 1.807) is 0 Å². The van der Waals surface area contributed by atoms with Crippen molar-refractivity contribution in [2.45, 2.75) is 33.4 Å². The highest BCUT2D eigenvalue weighted by Gasteiger charge is 2.41. The van der Waals surface area contributed by atoms with Gasteiger partial charge in [0.15, 0.2) is 0 Å². The van der Waals surface area contributed by atoms with Gasteiger partial charge in [-0.3, -0.25) is 4.90 Å². The average Bonchev–Trinajstić information content (AvgIpc) is 2.89. The summed E-state index contributed by atoms with van der Waals surface area (Å²) in [6, 6.07) is 7.38. The van der Waals surface area contributed by atoms with Crippen molar-refractivity contribution >= 4 is 0 Å². The Morgan fingerprint density at radius 3 is 2.61 bits per heavy atom. The van der Waals surface area contributed by atoms with E-state index in [2.05, 4.69) is 49.2 Å². The molecule has 1 aromatic carbocycles. The summed E-state index contributed by atoms with van der Waals surface area (Å²) in [6.07, 6.45) is 0. The van der Waals surface area contributed by atoms with Crippen LogP contribution in [0.2, 0.25) is 0 Å². The second kappa shape index (κ2) is 4.67. The van der Waals surface area contributed by atoms with Crippen molar-refractivity contribution in [3.63, 3.8) is 0 Å². The zero-order valence-electron chi connectivity index (χ0n) is 11.7. The van der Waals surface area contributed by atoms with E-state index in [9.17, 15) is 0 Å². The molecule has 0 amide bonds. The molecule has 2 fully saturated rings. The molecule has 0 saturated carbocycles. The van der Waals surface area contributed by atoms with Gasteiger partial charge in [0.1, 0.15) is 0 Å². The van der Waals surface area contributed by atoms with E-state index in [4.69, 9.17) is 0 Å². The molecule has 2 aliphatic heterocycles. The van der Waals surface area contributed by atoms with Crippen molar-refractivity contribution in [3.8, 4) is 0 Å². The van der Waals surface area contributed by atoms with Crippen molar-refractivity contribution in [2.24, 2.45) is 11.8 Å². The molecule has 2 heterocycles. The van der Waals surface area contributed by atoms with Gasteiger partial charge in [-0.2, -0.15) is 0 Å². The molecule has 2 aliphatic rings. The number of hydrogen-bond acceptors (Lipinski definition) is 2. The van der Waals surface area contributed by atoms with Crippen molar-refractivity contribution < 1.29 is 0 Å². The minimum atomic E-state index is 0.726. The predicted molar refractivity (Wildman–Crippen MR) is 75.6 cm³/mol. The second-order valence-electron chi connectivity index (χ2n) is 6.12. The van der Waals surface area contributed by atoms with Crippen LogP contribution in [0.3, 0.4) is 0 Å². The SMILES string of the molecule is Cc1cccc(C)c1CN1CC2CNCC2C1C. The van der Waals surface area contributed by atoms with Crippen LogP contribution in [-0.4, -0.2) is 30.6 Å². The van der Waals surface area contributed by atoms with Crippen LogP contribution >= 0.6 is 0 Å². The van der Waals surface area contributed by atoms with Crippen molar-refractivity contribution in [1.82, 2.24) is 10.2 Å². The smallest absolute Gasteiger partial charge is 0.0242 e. The van der Waals surface area contributed by atoms with Gasteiger partial charge < -0.3 is 5.32 Å². The van der Waals surface area contributed by atoms with Crippen molar-refractivity contribution in [3.05, 3.63) is 34.9 Å². The third-order valence-corrected chi connectivity index (χ3v) is 5.06. The maximum Gasteiger partial charge on any atom is 0.0242 e. The maximum atomic E-state index is 3.54. The normalized spacial score (nSPS) is 31.8. The zero-order valence-corrected chi connectivity index (χ0v) is 11.7. The summed E-state index contributed by atoms with van der Waals surface area (Å²) in [5, 5.41) is 3.54. The highest BCUT2D eigenvalue weighted by atomic mass is 15.2. The largest absolute Gasteiger partial charge is 0.316 e. The lowest BCUT2D eigenvalue weighted by molar-refractivity contribution is 0.230. The Hall–Kier alpha value is -0.860. The Morgan fingerprint density at radius 2 is 1.94 bits per heavy atom. The topological polar surface area (TPSA) is 15.3 Å². The first-order valence-corrected chi connectivity index (χ1v) is 7.16. The van der Waals surface area contributed by atoms with Crippen molar-refractivity contribution in [2.75, 3.05) is 19.6 Å². The molecule has 2 nitrogen and oxygen atoms in total. The summed E-state index contributed by atoms with van der Waals surface area (Å²) >= 11 is 0. The van der Waals surface area contributed by atoms with E-state index in [1.165, 1.54) is 36.3 Å². The number of hydrogen-bond donors (Lipinski definition) is 1. The summed E-state index contributed by atoms with van der Waals surface area (Å²) < 4.78 is 0. The first-order valence-electron chi connectivity index (χ1n) is 7.16. The van der Waals surface area contributed by atoms with Crippen LogP contribution < -0.4 is 5.32 Å². The third-order valence-electron chi connectivity index (χ3n) is 5.06. The predicted octanol–water partition coefficient (Wildman–Crippen LogP) is 2.34. The van der Waals surface area contributed by atoms with Crippen LogP contribution in [0.15, 0.2) is 18.2 Å². The Balaban J connectivity index is 1.78. The fraction of sp³-hybridized carbons (Fsp3) is 0.625. The van der Waals surface area contributed by atoms with Gasteiger partial charge in [-0.25, -0.2) is 0 Å². The molecule has 1 N–H and O–H groups in total. The molecule has 0 bridgehead atoms. The van der Waals surface area contributed by atoms with Crippen LogP contribution in [0.5, 0.6) is 0 Å². The van der Waals surface area contributed by atoms with Gasteiger partial charge in [-0.1, -0.05) is 18.2 Å². The molecule has 1 aromatic rings. The second-order valence-corrected chi connectivity index (χ2v) is 6.12. The fourth-order valence-corrected chi connectivity index (χ4v) is 3.77. The standard InChI is InChI=1S/C16H24N2/c1-11-5-4-6-12(2)16(11)10-18-9-14-7-17-8-15(14)13(18)3/h4-6,13-15,17H,7-10H2,1-3H3. The number of nitrogens with one attached hydrogen (secondary N) is 1. The summed E-state index contributed by atoms with van der Waals surface area (Å²) in [4.78, 5) is 2.69. The van der Waals surface area contributed by atoms with Crippen LogP contribution in [0, 0.1) is 25.7 Å². The molecule has 0 aliphatic carbocycles. The molecule has 0 radical (unpaired) electrons. The van der Waals surface area contributed by atoms with Gasteiger partial charge in [0, 0.05) is 19.1 Å². The van der Waals surface area contributed by atoms with E-state index in [1.807, 2.05) is 0 Å². The quantitative estimate of drug-likeness (QED) is 0.859. The van der Waals surface area contributed by atoms with E-state index in [0.717, 1.165) is 24.4 Å². The lowest BCUT2D eigenvalue weighted by Gasteiger charge is -2.25. The fourth-order valence-electron chi connectivity index (χ4n) is 3.77. The van der Waals surface area contributed by atoms with Gasteiger partial charge in [-0.15, -0.1) is 0 Å². The highest BCUT2D eigenvalue weighted by Crippen LogP contribution is 2.33. The summed E-state index contributed by atoms with van der Waals surface area (Å²) in [5.41, 5.74) is 4.42. The third kappa shape index (κ3) is 1.98. The molecule has 0 spiro atoms. The highest BCUT2D eigenvalue weighted by molar-refractivity contribution is 5.33. The van der Waals surface area contributed by atoms with E-state index >= 15 is 0 Å². The first-order chi connectivity index (χ1) is 8.66. The molecular weight excluding hydrogens is 220 g/mol. The lowest BCUT2D eigenvalue weighted by atomic mass is 9.95. The monoisotopic (exact) mass is 244 g/mol. The van der Waals surface area contributed by atoms with Gasteiger partial charge in [0.25, 0.3) is 0 Å². The molecular formula is C16H24N2. The molecule has 18 heavy (non-hydrogen) atoms. The van der Waals surface area contributed by atoms with Crippen LogP contribution in [-0.2, 0) is 6.54 Å². The van der Waals surface area contributed by atoms with E-state index < -0.39 is 0 Å². The summed E-state index contributed by atoms with van der Waals surface area (Å²) in [5.74, 6) is 1.75. The number of aryl methyl sites for hydroxylation is 2. The van der Waals surface area contributed by atoms with E-state index in [-0.39, 0.29) is 0 Å². The molecule has 2 saturated heterocycles. The number of fused-ring (bicyclic) bond motifs is 1. The average molecular weight is 244 g/mol. The molecule has 3 unspecified atom stereocenters. The van der Waals surface area contributed by atoms with Gasteiger partial charge in [0.2, 0.25) is 0 Å². The number of rotatable bonds is 2. The van der Waals surface area contributed by atoms with Crippen molar-refractivity contribution in [1.29, 1.82) is 0 Å². The Morgan fingerprint density at radius 1 is 1.22 bits per heavy atom. The minimum absolute atomic E-state index is 0.726. The zero-order chi connectivity index (χ0) is 12.7. The number of benzene rings is 1. The minimum Gasteiger partial charge on any atom is -0.316 e. The summed E-state index contributed by atoms with van der Waals surface area (Å²) in [6.45, 7) is 11.7. The molecule has 3 rings (SSSR count). The summed E-state index contributed by atoms with van der Waals surface area (Å²) in [7, 11) is 0. The first kappa shape index (κ1) is 12.2. The van der Waals surface area contributed by atoms with Crippen LogP contribution in [0.25, 0.3) is 0 Å². The van der Waals surface area contributed by atoms with Gasteiger partial charge >= 0.3 is 0 Å². The van der Waals surface area contributed by atoms with Crippen LogP contribution in [0.4, 0.5) is 0 Å². The molecule has 3 atom stereocenters. The maximum absolute atomic E-state index is 3.54. The molecule has 2 heteroatoms. The molecule has 0 aromatic heterocycles. The Kier molecular flexibility index (Phi) is 3.16. The van der Waals surface area contributed by atoms with Gasteiger partial charge in [0.05, 0.1) is 0 Å². The number of nitrogens with zero attached hydrogens (tertiary/aromatic N) is 1. The van der Waals surface area contributed by atoms with Gasteiger partial charge in [-0.05, 0) is 62.4 Å². The Labute approximate surface area is 110 Å². The lowest BCUT2D eigenvalue weighted by Crippen LogP contribution is -2.33. The number of likely N-dealkylation sites (tertiary alicyclic amines) is 1. The Bertz CT molecular complexity index is 420.